The minimum Gasteiger partial charge on any atom is -0.464 e. The summed E-state index contributed by atoms with van der Waals surface area (Å²) in [4.78, 5) is 20.0. The highest BCUT2D eigenvalue weighted by atomic mass is 16.5. The number of H-pyrrole nitrogens is 1. The molecular weight excluding hydrogens is 300 g/mol. The number of methoxy groups -OCH3 is 1. The molecule has 0 amide bonds. The summed E-state index contributed by atoms with van der Waals surface area (Å²) in [6.45, 7) is 0. The molecule has 0 saturated heterocycles. The summed E-state index contributed by atoms with van der Waals surface area (Å²) in [5.74, 6) is -0.420. The lowest BCUT2D eigenvalue weighted by molar-refractivity contribution is 0.0594. The Morgan fingerprint density at radius 2 is 1.79 bits per heavy atom. The van der Waals surface area contributed by atoms with E-state index in [4.69, 9.17) is 4.74 Å². The highest BCUT2D eigenvalue weighted by Crippen LogP contribution is 2.28. The van der Waals surface area contributed by atoms with E-state index in [1.54, 1.807) is 6.07 Å². The van der Waals surface area contributed by atoms with E-state index in [-0.39, 0.29) is 0 Å². The highest BCUT2D eigenvalue weighted by Gasteiger charge is 2.16. The molecule has 4 nitrogen and oxygen atoms in total. The Kier molecular flexibility index (Phi) is 3.50. The monoisotopic (exact) mass is 316 g/mol. The minimum atomic E-state index is -0.420. The number of hydrogen-bond donors (Lipinski definition) is 1. The Hall–Kier alpha value is -3.14. The summed E-state index contributed by atoms with van der Waals surface area (Å²) in [5, 5.41) is 2.07. The third-order valence-electron chi connectivity index (χ3n) is 4.18. The Bertz CT molecular complexity index is 1040. The average molecular weight is 316 g/mol. The predicted molar refractivity (Wildman–Crippen MR) is 94.2 cm³/mol. The SMILES string of the molecule is COC(=O)c1cc2c([nH]c3ccccc32)c(Cc2ccccc2)n1. The molecule has 0 aliphatic carbocycles. The Labute approximate surface area is 139 Å². The molecule has 0 atom stereocenters. The quantitative estimate of drug-likeness (QED) is 0.579. The first-order chi connectivity index (χ1) is 11.8. The number of nitrogens with zero attached hydrogens (tertiary/aromatic N) is 1. The third-order valence-corrected chi connectivity index (χ3v) is 4.18. The van der Waals surface area contributed by atoms with Gasteiger partial charge in [-0.15, -0.1) is 0 Å². The molecule has 4 aromatic rings. The van der Waals surface area contributed by atoms with E-state index in [0.29, 0.717) is 12.1 Å². The van der Waals surface area contributed by atoms with E-state index < -0.39 is 5.97 Å². The molecule has 4 heteroatoms. The second-order valence-corrected chi connectivity index (χ2v) is 5.70. The standard InChI is InChI=1S/C20H16N2O2/c1-24-20(23)18-12-15-14-9-5-6-10-16(14)22-19(15)17(21-18)11-13-7-3-2-4-8-13/h2-10,12,22H,11H2,1H3. The van der Waals surface area contributed by atoms with Gasteiger partial charge >= 0.3 is 5.97 Å². The van der Waals surface area contributed by atoms with Gasteiger partial charge in [0, 0.05) is 22.7 Å². The largest absolute Gasteiger partial charge is 0.464 e. The first kappa shape index (κ1) is 14.5. The summed E-state index contributed by atoms with van der Waals surface area (Å²) in [7, 11) is 1.38. The van der Waals surface area contributed by atoms with Crippen LogP contribution in [0.25, 0.3) is 21.8 Å². The van der Waals surface area contributed by atoms with Crippen LogP contribution in [-0.4, -0.2) is 23.0 Å². The van der Waals surface area contributed by atoms with Crippen molar-refractivity contribution in [2.75, 3.05) is 7.11 Å². The molecule has 24 heavy (non-hydrogen) atoms. The van der Waals surface area contributed by atoms with Gasteiger partial charge in [-0.2, -0.15) is 0 Å². The smallest absolute Gasteiger partial charge is 0.356 e. The molecule has 118 valence electrons. The lowest BCUT2D eigenvalue weighted by Gasteiger charge is -2.06. The van der Waals surface area contributed by atoms with E-state index >= 15 is 0 Å². The van der Waals surface area contributed by atoms with Gasteiger partial charge in [-0.1, -0.05) is 48.5 Å². The summed E-state index contributed by atoms with van der Waals surface area (Å²) in [6.07, 6.45) is 0.648. The maximum Gasteiger partial charge on any atom is 0.356 e. The molecular formula is C20H16N2O2. The minimum absolute atomic E-state index is 0.334. The second kappa shape index (κ2) is 5.81. The average Bonchev–Trinajstić information content (AvgIpc) is 3.01. The predicted octanol–water partition coefficient (Wildman–Crippen LogP) is 4.09. The van der Waals surface area contributed by atoms with Gasteiger partial charge in [0.25, 0.3) is 0 Å². The number of fused-ring (bicyclic) bond motifs is 3. The number of pyridine rings is 1. The zero-order valence-electron chi connectivity index (χ0n) is 13.2. The van der Waals surface area contributed by atoms with Crippen molar-refractivity contribution in [2.45, 2.75) is 6.42 Å². The molecule has 0 aliphatic rings. The number of aromatic nitrogens is 2. The van der Waals surface area contributed by atoms with Crippen molar-refractivity contribution < 1.29 is 9.53 Å². The lowest BCUT2D eigenvalue weighted by Crippen LogP contribution is -2.07. The topological polar surface area (TPSA) is 55.0 Å². The van der Waals surface area contributed by atoms with Gasteiger partial charge in [0.1, 0.15) is 5.69 Å². The molecule has 0 unspecified atom stereocenters. The van der Waals surface area contributed by atoms with Crippen LogP contribution in [0.4, 0.5) is 0 Å². The van der Waals surface area contributed by atoms with Crippen LogP contribution >= 0.6 is 0 Å². The van der Waals surface area contributed by atoms with Gasteiger partial charge in [0.05, 0.1) is 18.3 Å². The van der Waals surface area contributed by atoms with E-state index in [1.165, 1.54) is 7.11 Å². The number of esters is 1. The normalized spacial score (nSPS) is 11.0. The van der Waals surface area contributed by atoms with Gasteiger partial charge in [0.15, 0.2) is 0 Å². The Morgan fingerprint density at radius 1 is 1.04 bits per heavy atom. The van der Waals surface area contributed by atoms with Crippen molar-refractivity contribution in [1.29, 1.82) is 0 Å². The number of ether oxygens (including phenoxy) is 1. The van der Waals surface area contributed by atoms with Crippen molar-refractivity contribution in [3.8, 4) is 0 Å². The van der Waals surface area contributed by atoms with Crippen LogP contribution in [0.3, 0.4) is 0 Å². The fraction of sp³-hybridized carbons (Fsp3) is 0.100. The van der Waals surface area contributed by atoms with Gasteiger partial charge in [-0.3, -0.25) is 0 Å². The first-order valence-corrected chi connectivity index (χ1v) is 7.79. The van der Waals surface area contributed by atoms with Crippen LogP contribution in [0.5, 0.6) is 0 Å². The van der Waals surface area contributed by atoms with Gasteiger partial charge in [0.2, 0.25) is 0 Å². The number of benzene rings is 2. The summed E-state index contributed by atoms with van der Waals surface area (Å²) in [6, 6.07) is 20.0. The number of carbonyl (C=O) groups is 1. The molecule has 0 fully saturated rings. The molecule has 1 N–H and O–H groups in total. The van der Waals surface area contributed by atoms with Crippen LogP contribution < -0.4 is 0 Å². The molecule has 2 aromatic carbocycles. The molecule has 2 aromatic heterocycles. The van der Waals surface area contributed by atoms with Crippen LogP contribution in [0.1, 0.15) is 21.7 Å². The molecule has 0 bridgehead atoms. The van der Waals surface area contributed by atoms with Gasteiger partial charge < -0.3 is 9.72 Å². The van der Waals surface area contributed by atoms with Crippen LogP contribution in [-0.2, 0) is 11.2 Å². The fourth-order valence-corrected chi connectivity index (χ4v) is 3.04. The maximum atomic E-state index is 12.0. The van der Waals surface area contributed by atoms with Gasteiger partial charge in [-0.05, 0) is 17.7 Å². The maximum absolute atomic E-state index is 12.0. The first-order valence-electron chi connectivity index (χ1n) is 7.79. The van der Waals surface area contributed by atoms with Crippen LogP contribution in [0.15, 0.2) is 60.7 Å². The van der Waals surface area contributed by atoms with Gasteiger partial charge in [-0.25, -0.2) is 9.78 Å². The third kappa shape index (κ3) is 2.42. The number of rotatable bonds is 3. The summed E-state index contributed by atoms with van der Waals surface area (Å²) in [5.41, 5.74) is 4.32. The van der Waals surface area contributed by atoms with Crippen LogP contribution in [0.2, 0.25) is 0 Å². The van der Waals surface area contributed by atoms with E-state index in [1.807, 2.05) is 42.5 Å². The molecule has 0 aliphatic heterocycles. The van der Waals surface area contributed by atoms with Crippen molar-refractivity contribution in [2.24, 2.45) is 0 Å². The summed E-state index contributed by atoms with van der Waals surface area (Å²) >= 11 is 0. The molecule has 2 heterocycles. The summed E-state index contributed by atoms with van der Waals surface area (Å²) < 4.78 is 4.87. The Morgan fingerprint density at radius 3 is 2.58 bits per heavy atom. The second-order valence-electron chi connectivity index (χ2n) is 5.70. The molecule has 0 spiro atoms. The van der Waals surface area contributed by atoms with E-state index in [2.05, 4.69) is 22.1 Å². The van der Waals surface area contributed by atoms with Crippen molar-refractivity contribution >= 4 is 27.8 Å². The van der Waals surface area contributed by atoms with Crippen molar-refractivity contribution in [1.82, 2.24) is 9.97 Å². The van der Waals surface area contributed by atoms with E-state index in [9.17, 15) is 4.79 Å². The lowest BCUT2D eigenvalue weighted by atomic mass is 10.1. The van der Waals surface area contributed by atoms with E-state index in [0.717, 1.165) is 33.1 Å². The molecule has 4 rings (SSSR count). The number of para-hydroxylation sites is 1. The number of carbonyl (C=O) groups excluding carboxylic acids is 1. The Balaban J connectivity index is 1.97. The number of aromatic amines is 1. The van der Waals surface area contributed by atoms with Crippen molar-refractivity contribution in [3.05, 3.63) is 77.6 Å². The molecule has 0 saturated carbocycles. The zero-order valence-corrected chi connectivity index (χ0v) is 13.2. The fourth-order valence-electron chi connectivity index (χ4n) is 3.04. The zero-order chi connectivity index (χ0) is 16.5. The van der Waals surface area contributed by atoms with Crippen LogP contribution in [0, 0.1) is 0 Å². The number of nitrogens with one attached hydrogen (secondary N) is 1. The van der Waals surface area contributed by atoms with Crippen molar-refractivity contribution in [3.63, 3.8) is 0 Å². The highest BCUT2D eigenvalue weighted by molar-refractivity contribution is 6.09. The molecule has 0 radical (unpaired) electrons. The number of hydrogen-bond acceptors (Lipinski definition) is 3.